The first kappa shape index (κ1) is 31.7. The Kier molecular flexibility index (Phi) is 9.17. The molecule has 0 aliphatic carbocycles. The van der Waals surface area contributed by atoms with Crippen molar-refractivity contribution >= 4 is 51.1 Å². The monoisotopic (exact) mass is 659 g/mol. The third-order valence-electron chi connectivity index (χ3n) is 7.88. The second-order valence-electron chi connectivity index (χ2n) is 11.0. The van der Waals surface area contributed by atoms with Crippen LogP contribution in [0.2, 0.25) is 10.0 Å². The summed E-state index contributed by atoms with van der Waals surface area (Å²) in [6.45, 7) is 2.83. The van der Waals surface area contributed by atoms with E-state index in [0.29, 0.717) is 11.1 Å². The van der Waals surface area contributed by atoms with Crippen LogP contribution in [-0.4, -0.2) is 92.8 Å². The molecule has 3 aromatic rings. The van der Waals surface area contributed by atoms with Crippen LogP contribution in [0.15, 0.2) is 78.0 Å². The van der Waals surface area contributed by atoms with Crippen LogP contribution >= 0.6 is 23.2 Å². The molecule has 3 unspecified atom stereocenters. The maximum absolute atomic E-state index is 14.4. The highest BCUT2D eigenvalue weighted by molar-refractivity contribution is 7.89. The zero-order valence-electron chi connectivity index (χ0n) is 24.0. The van der Waals surface area contributed by atoms with Crippen LogP contribution in [0, 0.1) is 0 Å². The van der Waals surface area contributed by atoms with Crippen molar-refractivity contribution in [1.29, 1.82) is 0 Å². The van der Waals surface area contributed by atoms with Gasteiger partial charge in [0.2, 0.25) is 21.8 Å². The lowest BCUT2D eigenvalue weighted by Gasteiger charge is -2.55. The normalized spacial score (nSPS) is 21.0. The van der Waals surface area contributed by atoms with Crippen LogP contribution in [0.1, 0.15) is 25.0 Å². The lowest BCUT2D eigenvalue weighted by Crippen LogP contribution is -2.76. The second kappa shape index (κ2) is 12.7. The Bertz CT molecular complexity index is 1660. The van der Waals surface area contributed by atoms with Crippen LogP contribution in [0.3, 0.4) is 0 Å². The maximum atomic E-state index is 14.4. The van der Waals surface area contributed by atoms with Crippen molar-refractivity contribution in [1.82, 2.24) is 24.0 Å². The standard InChI is InChI=1S/C30H31Cl2N5O6S/c1-19(2)34-18-27-36(44(42,43)26-11-10-22(31)14-23(26)32)17-25(35(30(40)41)16-20-7-4-3-5-8-20)29(39)37(27)24(28(34)38)13-21-9-6-12-33-15-21/h3-12,14-15,19,24-25,27H,13,16-18H2,1-2H3,(H,40,41). The van der Waals surface area contributed by atoms with Crippen molar-refractivity contribution in [3.8, 4) is 0 Å². The molecule has 11 nitrogen and oxygen atoms in total. The number of carbonyl (C=O) groups is 3. The number of halogens is 2. The molecule has 0 radical (unpaired) electrons. The number of aromatic nitrogens is 1. The molecule has 2 aromatic carbocycles. The zero-order chi connectivity index (χ0) is 31.8. The number of fused-ring (bicyclic) bond motifs is 1. The summed E-state index contributed by atoms with van der Waals surface area (Å²) in [6, 6.07) is 13.2. The number of nitrogens with zero attached hydrogens (tertiary/aromatic N) is 5. The van der Waals surface area contributed by atoms with E-state index >= 15 is 0 Å². The molecule has 2 aliphatic heterocycles. The average molecular weight is 661 g/mol. The summed E-state index contributed by atoms with van der Waals surface area (Å²) in [6.07, 6.45) is 0.652. The van der Waals surface area contributed by atoms with Crippen molar-refractivity contribution in [2.24, 2.45) is 0 Å². The van der Waals surface area contributed by atoms with Gasteiger partial charge in [0.25, 0.3) is 0 Å². The van der Waals surface area contributed by atoms with Crippen molar-refractivity contribution in [2.75, 3.05) is 13.1 Å². The Hall–Kier alpha value is -3.71. The third-order valence-corrected chi connectivity index (χ3v) is 10.5. The van der Waals surface area contributed by atoms with E-state index in [1.165, 1.54) is 23.1 Å². The number of carbonyl (C=O) groups excluding carboxylic acids is 2. The minimum Gasteiger partial charge on any atom is -0.465 e. The Morgan fingerprint density at radius 3 is 2.34 bits per heavy atom. The van der Waals surface area contributed by atoms with E-state index in [9.17, 15) is 27.9 Å². The van der Waals surface area contributed by atoms with E-state index in [0.717, 1.165) is 9.21 Å². The number of carboxylic acid groups (broad SMARTS) is 1. The highest BCUT2D eigenvalue weighted by atomic mass is 35.5. The van der Waals surface area contributed by atoms with Gasteiger partial charge < -0.3 is 14.9 Å². The van der Waals surface area contributed by atoms with E-state index in [4.69, 9.17) is 23.2 Å². The van der Waals surface area contributed by atoms with Gasteiger partial charge in [0.15, 0.2) is 0 Å². The topological polar surface area (TPSA) is 131 Å². The summed E-state index contributed by atoms with van der Waals surface area (Å²) in [5, 5.41) is 10.4. The quantitative estimate of drug-likeness (QED) is 0.387. The van der Waals surface area contributed by atoms with Gasteiger partial charge >= 0.3 is 6.09 Å². The summed E-state index contributed by atoms with van der Waals surface area (Å²) < 4.78 is 29.9. The fourth-order valence-corrected chi connectivity index (χ4v) is 8.05. The smallest absolute Gasteiger partial charge is 0.408 e. The molecular weight excluding hydrogens is 629 g/mol. The number of rotatable bonds is 8. The molecule has 0 spiro atoms. The van der Waals surface area contributed by atoms with Gasteiger partial charge in [-0.2, -0.15) is 4.31 Å². The predicted octanol–water partition coefficient (Wildman–Crippen LogP) is 3.96. The first-order valence-electron chi connectivity index (χ1n) is 13.9. The van der Waals surface area contributed by atoms with Crippen molar-refractivity contribution in [3.05, 3.63) is 94.2 Å². The minimum absolute atomic E-state index is 0.0478. The first-order chi connectivity index (χ1) is 20.9. The van der Waals surface area contributed by atoms with E-state index in [1.807, 2.05) is 13.8 Å². The molecule has 14 heteroatoms. The Morgan fingerprint density at radius 2 is 1.73 bits per heavy atom. The summed E-state index contributed by atoms with van der Waals surface area (Å²) in [4.78, 5) is 48.6. The van der Waals surface area contributed by atoms with Gasteiger partial charge in [-0.05, 0) is 49.2 Å². The van der Waals surface area contributed by atoms with Crippen molar-refractivity contribution < 1.29 is 27.9 Å². The van der Waals surface area contributed by atoms with Crippen LogP contribution in [0.25, 0.3) is 0 Å². The predicted molar refractivity (Wildman–Crippen MR) is 163 cm³/mol. The third kappa shape index (κ3) is 6.12. The molecule has 2 aliphatic rings. The Labute approximate surface area is 265 Å². The number of hydrogen-bond acceptors (Lipinski definition) is 6. The summed E-state index contributed by atoms with van der Waals surface area (Å²) in [5.74, 6) is -1.03. The van der Waals surface area contributed by atoms with E-state index in [-0.39, 0.29) is 46.4 Å². The molecule has 0 saturated carbocycles. The molecule has 3 heterocycles. The highest BCUT2D eigenvalue weighted by Gasteiger charge is 2.55. The first-order valence-corrected chi connectivity index (χ1v) is 16.1. The van der Waals surface area contributed by atoms with Gasteiger partial charge in [-0.25, -0.2) is 13.2 Å². The van der Waals surface area contributed by atoms with Gasteiger partial charge in [-0.3, -0.25) is 19.5 Å². The molecule has 5 rings (SSSR count). The summed E-state index contributed by atoms with van der Waals surface area (Å²) in [7, 11) is -4.45. The maximum Gasteiger partial charge on any atom is 0.408 e. The van der Waals surface area contributed by atoms with E-state index < -0.39 is 46.8 Å². The van der Waals surface area contributed by atoms with E-state index in [2.05, 4.69) is 4.98 Å². The number of sulfonamides is 1. The summed E-state index contributed by atoms with van der Waals surface area (Å²) in [5.41, 5.74) is 1.26. The molecule has 2 fully saturated rings. The molecular formula is C30H31Cl2N5O6S. The van der Waals surface area contributed by atoms with E-state index in [1.54, 1.807) is 59.8 Å². The molecule has 0 bridgehead atoms. The fraction of sp³-hybridized carbons (Fsp3) is 0.333. The molecule has 44 heavy (non-hydrogen) atoms. The molecule has 1 N–H and O–H groups in total. The van der Waals surface area contributed by atoms with Gasteiger partial charge in [-0.1, -0.05) is 59.6 Å². The Morgan fingerprint density at radius 1 is 1.02 bits per heavy atom. The largest absolute Gasteiger partial charge is 0.465 e. The number of piperazine rings is 1. The number of pyridine rings is 1. The molecule has 1 aromatic heterocycles. The average Bonchev–Trinajstić information content (AvgIpc) is 2.98. The van der Waals surface area contributed by atoms with Crippen LogP contribution in [-0.2, 0) is 32.6 Å². The van der Waals surface area contributed by atoms with Gasteiger partial charge in [-0.15, -0.1) is 0 Å². The zero-order valence-corrected chi connectivity index (χ0v) is 26.3. The number of hydrogen-bond donors (Lipinski definition) is 1. The second-order valence-corrected chi connectivity index (χ2v) is 13.7. The van der Waals surface area contributed by atoms with Gasteiger partial charge in [0.1, 0.15) is 23.1 Å². The molecule has 232 valence electrons. The van der Waals surface area contributed by atoms with Crippen molar-refractivity contribution in [3.63, 3.8) is 0 Å². The van der Waals surface area contributed by atoms with Crippen LogP contribution < -0.4 is 0 Å². The highest BCUT2D eigenvalue weighted by Crippen LogP contribution is 2.36. The molecule has 3 atom stereocenters. The lowest BCUT2D eigenvalue weighted by atomic mass is 9.96. The molecule has 3 amide bonds. The lowest BCUT2D eigenvalue weighted by molar-refractivity contribution is -0.171. The summed E-state index contributed by atoms with van der Waals surface area (Å²) >= 11 is 12.4. The Balaban J connectivity index is 1.66. The van der Waals surface area contributed by atoms with Crippen LogP contribution in [0.4, 0.5) is 4.79 Å². The SMILES string of the molecule is CC(C)N1CC2N(C(=O)C(N(Cc3ccccc3)C(=O)O)CN2S(=O)(=O)c2ccc(Cl)cc2Cl)C(Cc2cccnc2)C1=O. The van der Waals surface area contributed by atoms with Gasteiger partial charge in [0, 0.05) is 43.0 Å². The minimum atomic E-state index is -4.45. The number of benzene rings is 2. The number of amides is 3. The van der Waals surface area contributed by atoms with Crippen LogP contribution in [0.5, 0.6) is 0 Å². The van der Waals surface area contributed by atoms with Crippen molar-refractivity contribution in [2.45, 2.75) is 56.0 Å². The molecule has 2 saturated heterocycles. The fourth-order valence-electron chi connectivity index (χ4n) is 5.73. The van der Waals surface area contributed by atoms with Gasteiger partial charge in [0.05, 0.1) is 11.6 Å².